The van der Waals surface area contributed by atoms with Crippen LogP contribution in [0.15, 0.2) is 16.6 Å². The summed E-state index contributed by atoms with van der Waals surface area (Å²) in [4.78, 5) is 8.91. The van der Waals surface area contributed by atoms with Crippen molar-refractivity contribution in [2.45, 2.75) is 24.8 Å². The summed E-state index contributed by atoms with van der Waals surface area (Å²) < 4.78 is 5.43. The third kappa shape index (κ3) is 2.87. The van der Waals surface area contributed by atoms with Gasteiger partial charge in [0.1, 0.15) is 0 Å². The maximum absolute atomic E-state index is 5.43. The summed E-state index contributed by atoms with van der Waals surface area (Å²) in [5, 5.41) is 7.89. The third-order valence-corrected chi connectivity index (χ3v) is 5.41. The second-order valence-electron chi connectivity index (χ2n) is 4.67. The standard InChI is InChI=1S/C12H17N3OS2/c1(10-13-5-8-17-10)4-14-11-15-12(9-18-11)2-6-16-7-3-12/h5,8H,1-4,6-7,9H2,(H,14,15). The molecule has 2 aliphatic rings. The fourth-order valence-corrected chi connectivity index (χ4v) is 4.11. The third-order valence-electron chi connectivity index (χ3n) is 3.37. The Bertz CT molecular complexity index is 413. The monoisotopic (exact) mass is 283 g/mol. The van der Waals surface area contributed by atoms with E-state index < -0.39 is 0 Å². The van der Waals surface area contributed by atoms with Gasteiger partial charge in [-0.15, -0.1) is 11.3 Å². The topological polar surface area (TPSA) is 46.5 Å². The van der Waals surface area contributed by atoms with Gasteiger partial charge in [-0.1, -0.05) is 11.8 Å². The van der Waals surface area contributed by atoms with Gasteiger partial charge in [-0.25, -0.2) is 4.98 Å². The molecule has 6 heteroatoms. The zero-order valence-electron chi connectivity index (χ0n) is 10.2. The Balaban J connectivity index is 1.51. The van der Waals surface area contributed by atoms with E-state index in [0.717, 1.165) is 49.9 Å². The lowest BCUT2D eigenvalue weighted by atomic mass is 9.93. The quantitative estimate of drug-likeness (QED) is 0.921. The molecule has 0 unspecified atom stereocenters. The highest BCUT2D eigenvalue weighted by Gasteiger charge is 2.38. The molecule has 0 atom stereocenters. The highest BCUT2D eigenvalue weighted by Crippen LogP contribution is 2.31. The van der Waals surface area contributed by atoms with Crippen LogP contribution in [0.5, 0.6) is 0 Å². The van der Waals surface area contributed by atoms with E-state index in [1.165, 1.54) is 5.01 Å². The number of nitrogens with zero attached hydrogens (tertiary/aromatic N) is 2. The first kappa shape index (κ1) is 12.4. The van der Waals surface area contributed by atoms with Crippen LogP contribution in [0.2, 0.25) is 0 Å². The summed E-state index contributed by atoms with van der Waals surface area (Å²) in [6.07, 6.45) is 5.00. The van der Waals surface area contributed by atoms with Gasteiger partial charge in [0.05, 0.1) is 10.5 Å². The second-order valence-corrected chi connectivity index (χ2v) is 6.61. The minimum atomic E-state index is 0.253. The molecule has 3 heterocycles. The maximum atomic E-state index is 5.43. The molecule has 1 aromatic rings. The van der Waals surface area contributed by atoms with E-state index in [1.807, 2.05) is 23.3 Å². The highest BCUT2D eigenvalue weighted by molar-refractivity contribution is 8.14. The van der Waals surface area contributed by atoms with Crippen molar-refractivity contribution >= 4 is 28.3 Å². The van der Waals surface area contributed by atoms with E-state index in [0.29, 0.717) is 0 Å². The normalized spacial score (nSPS) is 24.6. The average molecular weight is 283 g/mol. The predicted molar refractivity (Wildman–Crippen MR) is 76.5 cm³/mol. The van der Waals surface area contributed by atoms with E-state index in [2.05, 4.69) is 15.3 Å². The number of aliphatic imine (C=N–C) groups is 1. The molecule has 1 spiro atoms. The Kier molecular flexibility index (Phi) is 3.86. The molecule has 1 aromatic heterocycles. The second kappa shape index (κ2) is 5.59. The van der Waals surface area contributed by atoms with Crippen molar-refractivity contribution in [2.24, 2.45) is 4.99 Å². The number of ether oxygens (including phenoxy) is 1. The highest BCUT2D eigenvalue weighted by atomic mass is 32.2. The predicted octanol–water partition coefficient (Wildman–Crippen LogP) is 1.93. The summed E-state index contributed by atoms with van der Waals surface area (Å²) in [6.45, 7) is 2.58. The Morgan fingerprint density at radius 1 is 1.44 bits per heavy atom. The van der Waals surface area contributed by atoms with Crippen LogP contribution in [-0.4, -0.2) is 41.2 Å². The molecular weight excluding hydrogens is 266 g/mol. The zero-order valence-corrected chi connectivity index (χ0v) is 11.9. The van der Waals surface area contributed by atoms with Crippen molar-refractivity contribution in [3.63, 3.8) is 0 Å². The molecule has 0 bridgehead atoms. The van der Waals surface area contributed by atoms with E-state index in [1.54, 1.807) is 11.3 Å². The summed E-state index contributed by atoms with van der Waals surface area (Å²) in [6, 6.07) is 0. The number of hydrogen-bond donors (Lipinski definition) is 1. The molecule has 0 radical (unpaired) electrons. The first-order valence-electron chi connectivity index (χ1n) is 6.28. The lowest BCUT2D eigenvalue weighted by Gasteiger charge is -2.32. The number of aromatic nitrogens is 1. The molecule has 4 nitrogen and oxygen atoms in total. The first-order valence-corrected chi connectivity index (χ1v) is 8.14. The Labute approximate surface area is 115 Å². The molecule has 18 heavy (non-hydrogen) atoms. The van der Waals surface area contributed by atoms with Gasteiger partial charge in [-0.2, -0.15) is 0 Å². The molecule has 0 aliphatic carbocycles. The van der Waals surface area contributed by atoms with Crippen LogP contribution < -0.4 is 5.32 Å². The molecule has 1 N–H and O–H groups in total. The van der Waals surface area contributed by atoms with Crippen LogP contribution >= 0.6 is 23.1 Å². The van der Waals surface area contributed by atoms with Crippen molar-refractivity contribution in [2.75, 3.05) is 25.5 Å². The minimum absolute atomic E-state index is 0.253. The van der Waals surface area contributed by atoms with E-state index in [9.17, 15) is 0 Å². The number of hydrogen-bond acceptors (Lipinski definition) is 5. The molecule has 3 rings (SSSR count). The van der Waals surface area contributed by atoms with Gasteiger partial charge < -0.3 is 10.1 Å². The Hall–Kier alpha value is -0.590. The van der Waals surface area contributed by atoms with Crippen LogP contribution in [0.1, 0.15) is 17.8 Å². The van der Waals surface area contributed by atoms with Crippen molar-refractivity contribution in [3.8, 4) is 0 Å². The molecule has 0 saturated carbocycles. The molecule has 0 aromatic carbocycles. The Morgan fingerprint density at radius 2 is 2.33 bits per heavy atom. The maximum Gasteiger partial charge on any atom is 0.157 e. The van der Waals surface area contributed by atoms with Gasteiger partial charge in [0, 0.05) is 43.5 Å². The van der Waals surface area contributed by atoms with Crippen LogP contribution in [0.4, 0.5) is 0 Å². The minimum Gasteiger partial charge on any atom is -0.381 e. The SMILES string of the molecule is c1csc(CCN=C2NC3(CCOCC3)CS2)n1. The number of amidine groups is 1. The summed E-state index contributed by atoms with van der Waals surface area (Å²) in [5.41, 5.74) is 0.253. The first-order chi connectivity index (χ1) is 8.86. The number of rotatable bonds is 3. The smallest absolute Gasteiger partial charge is 0.157 e. The van der Waals surface area contributed by atoms with Crippen LogP contribution in [-0.2, 0) is 11.2 Å². The summed E-state index contributed by atoms with van der Waals surface area (Å²) in [5.74, 6) is 1.13. The van der Waals surface area contributed by atoms with Crippen LogP contribution in [0, 0.1) is 0 Å². The van der Waals surface area contributed by atoms with Gasteiger partial charge in [0.2, 0.25) is 0 Å². The van der Waals surface area contributed by atoms with Gasteiger partial charge in [-0.3, -0.25) is 4.99 Å². The van der Waals surface area contributed by atoms with Crippen molar-refractivity contribution in [3.05, 3.63) is 16.6 Å². The number of thiazole rings is 1. The molecule has 0 amide bonds. The number of thioether (sulfide) groups is 1. The summed E-state index contributed by atoms with van der Waals surface area (Å²) in [7, 11) is 0. The molecule has 2 fully saturated rings. The summed E-state index contributed by atoms with van der Waals surface area (Å²) >= 11 is 3.55. The Morgan fingerprint density at radius 3 is 3.11 bits per heavy atom. The fourth-order valence-electron chi connectivity index (χ4n) is 2.25. The lowest BCUT2D eigenvalue weighted by Crippen LogP contribution is -2.48. The van der Waals surface area contributed by atoms with Gasteiger partial charge in [-0.05, 0) is 12.8 Å². The van der Waals surface area contributed by atoms with E-state index >= 15 is 0 Å². The van der Waals surface area contributed by atoms with Gasteiger partial charge in [0.15, 0.2) is 5.17 Å². The van der Waals surface area contributed by atoms with Crippen LogP contribution in [0.25, 0.3) is 0 Å². The number of nitrogens with one attached hydrogen (secondary N) is 1. The largest absolute Gasteiger partial charge is 0.381 e. The van der Waals surface area contributed by atoms with Crippen molar-refractivity contribution < 1.29 is 4.74 Å². The van der Waals surface area contributed by atoms with Crippen LogP contribution in [0.3, 0.4) is 0 Å². The van der Waals surface area contributed by atoms with Gasteiger partial charge in [0.25, 0.3) is 0 Å². The lowest BCUT2D eigenvalue weighted by molar-refractivity contribution is 0.0555. The van der Waals surface area contributed by atoms with Gasteiger partial charge >= 0.3 is 0 Å². The fraction of sp³-hybridized carbons (Fsp3) is 0.667. The molecule has 2 aliphatic heterocycles. The molecule has 2 saturated heterocycles. The molecular formula is C12H17N3OS2. The van der Waals surface area contributed by atoms with Crippen molar-refractivity contribution in [1.82, 2.24) is 10.3 Å². The van der Waals surface area contributed by atoms with E-state index in [-0.39, 0.29) is 5.54 Å². The van der Waals surface area contributed by atoms with Crippen molar-refractivity contribution in [1.29, 1.82) is 0 Å². The zero-order chi connectivity index (χ0) is 12.3. The average Bonchev–Trinajstić information content (AvgIpc) is 3.02. The van der Waals surface area contributed by atoms with E-state index in [4.69, 9.17) is 4.74 Å². The molecule has 98 valence electrons.